The minimum Gasteiger partial charge on any atom is -0.351 e. The maximum absolute atomic E-state index is 11.0. The van der Waals surface area contributed by atoms with Crippen molar-refractivity contribution in [2.75, 3.05) is 0 Å². The quantitative estimate of drug-likeness (QED) is 0.695. The summed E-state index contributed by atoms with van der Waals surface area (Å²) in [5.41, 5.74) is 3.01. The Labute approximate surface area is 121 Å². The zero-order chi connectivity index (χ0) is 14.3. The molecule has 1 N–H and O–H groups in total. The molecular weight excluding hydrogens is 278 g/mol. The third-order valence-electron chi connectivity index (χ3n) is 4.24. The first-order valence-corrected chi connectivity index (χ1v) is 6.88. The molecule has 0 spiro atoms. The predicted molar refractivity (Wildman–Crippen MR) is 76.1 cm³/mol. The van der Waals surface area contributed by atoms with Gasteiger partial charge in [-0.1, -0.05) is 18.5 Å². The van der Waals surface area contributed by atoms with Gasteiger partial charge in [0.1, 0.15) is 5.02 Å². The van der Waals surface area contributed by atoms with Gasteiger partial charge in [0.25, 0.3) is 5.69 Å². The van der Waals surface area contributed by atoms with Crippen molar-refractivity contribution in [3.63, 3.8) is 0 Å². The third kappa shape index (κ3) is 1.89. The molecule has 0 saturated heterocycles. The first kappa shape index (κ1) is 13.1. The Kier molecular flexibility index (Phi) is 3.01. The number of aromatic amines is 1. The fourth-order valence-corrected chi connectivity index (χ4v) is 3.32. The van der Waals surface area contributed by atoms with Crippen LogP contribution < -0.4 is 0 Å². The van der Waals surface area contributed by atoms with Crippen LogP contribution in [0, 0.1) is 10.1 Å². The molecule has 1 heterocycles. The van der Waals surface area contributed by atoms with Gasteiger partial charge in [-0.2, -0.15) is 0 Å². The molecule has 1 aromatic carbocycles. The van der Waals surface area contributed by atoms with E-state index in [1.165, 1.54) is 0 Å². The van der Waals surface area contributed by atoms with E-state index in [0.717, 1.165) is 36.1 Å². The second-order valence-electron chi connectivity index (χ2n) is 5.27. The zero-order valence-corrected chi connectivity index (χ0v) is 11.8. The normalized spacial score (nSPS) is 20.9. The number of fused-ring (bicyclic) bond motifs is 1. The van der Waals surface area contributed by atoms with Crippen LogP contribution in [-0.4, -0.2) is 14.9 Å². The number of H-pyrrole nitrogens is 1. The van der Waals surface area contributed by atoms with E-state index in [-0.39, 0.29) is 16.1 Å². The van der Waals surface area contributed by atoms with Crippen molar-refractivity contribution in [1.29, 1.82) is 0 Å². The monoisotopic (exact) mass is 291 g/mol. The summed E-state index contributed by atoms with van der Waals surface area (Å²) < 4.78 is 0. The van der Waals surface area contributed by atoms with Crippen molar-refractivity contribution in [2.24, 2.45) is 0 Å². The third-order valence-corrected chi connectivity index (χ3v) is 4.54. The van der Waals surface area contributed by atoms with Crippen LogP contribution in [0.5, 0.6) is 0 Å². The Morgan fingerprint density at radius 2 is 2.15 bits per heavy atom. The van der Waals surface area contributed by atoms with Crippen molar-refractivity contribution in [3.8, 4) is 0 Å². The fourth-order valence-electron chi connectivity index (χ4n) is 3.07. The maximum Gasteiger partial charge on any atom is 0.288 e. The van der Waals surface area contributed by atoms with Gasteiger partial charge >= 0.3 is 0 Å². The molecule has 3 rings (SSSR count). The highest BCUT2D eigenvalue weighted by atomic mass is 35.5. The molecule has 20 heavy (non-hydrogen) atoms. The largest absolute Gasteiger partial charge is 0.351 e. The van der Waals surface area contributed by atoms with Crippen LogP contribution in [0.25, 0.3) is 0 Å². The number of rotatable bonds is 3. The molecule has 5 nitrogen and oxygen atoms in total. The molecule has 0 bridgehead atoms. The molecule has 0 fully saturated rings. The van der Waals surface area contributed by atoms with Crippen molar-refractivity contribution in [3.05, 3.63) is 56.6 Å². The highest BCUT2D eigenvalue weighted by Crippen LogP contribution is 2.44. The summed E-state index contributed by atoms with van der Waals surface area (Å²) in [6.45, 7) is 2.12. The lowest BCUT2D eigenvalue weighted by molar-refractivity contribution is -0.384. The van der Waals surface area contributed by atoms with Crippen LogP contribution in [0.2, 0.25) is 5.02 Å². The molecule has 1 aromatic heterocycles. The summed E-state index contributed by atoms with van der Waals surface area (Å²) in [6, 6.07) is 3.35. The lowest BCUT2D eigenvalue weighted by Gasteiger charge is -2.25. The van der Waals surface area contributed by atoms with Gasteiger partial charge in [0.15, 0.2) is 0 Å². The molecular formula is C14H14ClN3O2. The topological polar surface area (TPSA) is 71.8 Å². The number of hydrogen-bond acceptors (Lipinski definition) is 3. The summed E-state index contributed by atoms with van der Waals surface area (Å²) in [6.07, 6.45) is 6.09. The molecule has 0 radical (unpaired) electrons. The van der Waals surface area contributed by atoms with Gasteiger partial charge in [-0.05, 0) is 36.5 Å². The number of nitro groups is 1. The van der Waals surface area contributed by atoms with E-state index in [1.807, 2.05) is 6.20 Å². The van der Waals surface area contributed by atoms with Gasteiger partial charge in [-0.25, -0.2) is 4.98 Å². The summed E-state index contributed by atoms with van der Waals surface area (Å²) in [5.74, 6) is 0. The highest BCUT2D eigenvalue weighted by molar-refractivity contribution is 6.32. The smallest absolute Gasteiger partial charge is 0.288 e. The average Bonchev–Trinajstić information content (AvgIpc) is 3.04. The van der Waals surface area contributed by atoms with E-state index in [2.05, 4.69) is 16.9 Å². The van der Waals surface area contributed by atoms with Crippen LogP contribution in [0.4, 0.5) is 5.69 Å². The fraction of sp³-hybridized carbons (Fsp3) is 0.357. The molecule has 2 aromatic rings. The molecule has 1 atom stereocenters. The average molecular weight is 292 g/mol. The van der Waals surface area contributed by atoms with Crippen LogP contribution in [0.3, 0.4) is 0 Å². The van der Waals surface area contributed by atoms with E-state index in [4.69, 9.17) is 11.6 Å². The molecule has 0 saturated carbocycles. The predicted octanol–water partition coefficient (Wildman–Crippen LogP) is 3.42. The van der Waals surface area contributed by atoms with Crippen molar-refractivity contribution in [2.45, 2.75) is 31.6 Å². The van der Waals surface area contributed by atoms with Crippen molar-refractivity contribution >= 4 is 17.3 Å². The number of aromatic nitrogens is 2. The second kappa shape index (κ2) is 4.59. The molecule has 6 heteroatoms. The number of nitro benzene ring substituents is 1. The van der Waals surface area contributed by atoms with E-state index in [0.29, 0.717) is 0 Å². The van der Waals surface area contributed by atoms with Crippen LogP contribution in [0.1, 0.15) is 30.2 Å². The van der Waals surface area contributed by atoms with E-state index in [9.17, 15) is 10.1 Å². The van der Waals surface area contributed by atoms with Gasteiger partial charge in [-0.3, -0.25) is 10.1 Å². The lowest BCUT2D eigenvalue weighted by Crippen LogP contribution is -2.26. The number of imidazole rings is 1. The van der Waals surface area contributed by atoms with Crippen molar-refractivity contribution in [1.82, 2.24) is 9.97 Å². The molecule has 0 amide bonds. The van der Waals surface area contributed by atoms with E-state index in [1.54, 1.807) is 18.5 Å². The summed E-state index contributed by atoms with van der Waals surface area (Å²) >= 11 is 6.00. The molecule has 104 valence electrons. The number of halogens is 1. The second-order valence-corrected chi connectivity index (χ2v) is 5.68. The number of hydrogen-bond donors (Lipinski definition) is 1. The number of nitrogens with zero attached hydrogens (tertiary/aromatic N) is 2. The minimum absolute atomic E-state index is 0.0145. The Morgan fingerprint density at radius 1 is 1.45 bits per heavy atom. The number of benzene rings is 1. The van der Waals surface area contributed by atoms with Gasteiger partial charge in [0, 0.05) is 17.7 Å². The maximum atomic E-state index is 11.0. The Hall–Kier alpha value is -1.88. The molecule has 1 unspecified atom stereocenters. The Bertz CT molecular complexity index is 669. The standard InChI is InChI=1S/C14H14ClN3O2/c1-2-14(13-7-16-8-17-13)5-9-3-11(15)12(18(19)20)4-10(9)6-14/h3-4,7-8H,2,5-6H2,1H3,(H,16,17). The van der Waals surface area contributed by atoms with Crippen LogP contribution >= 0.6 is 11.6 Å². The first-order chi connectivity index (χ1) is 9.55. The molecule has 1 aliphatic carbocycles. The van der Waals surface area contributed by atoms with Crippen LogP contribution in [0.15, 0.2) is 24.7 Å². The minimum atomic E-state index is -0.427. The van der Waals surface area contributed by atoms with Gasteiger partial charge < -0.3 is 4.98 Å². The summed E-state index contributed by atoms with van der Waals surface area (Å²) in [7, 11) is 0. The van der Waals surface area contributed by atoms with Gasteiger partial charge in [-0.15, -0.1) is 0 Å². The highest BCUT2D eigenvalue weighted by Gasteiger charge is 2.40. The van der Waals surface area contributed by atoms with E-state index >= 15 is 0 Å². The van der Waals surface area contributed by atoms with Crippen molar-refractivity contribution < 1.29 is 4.92 Å². The SMILES string of the molecule is CCC1(c2c[nH]cn2)Cc2cc(Cl)c([N+](=O)[O-])cc2C1. The van der Waals surface area contributed by atoms with Gasteiger partial charge in [0.2, 0.25) is 0 Å². The molecule has 0 aliphatic heterocycles. The first-order valence-electron chi connectivity index (χ1n) is 6.51. The van der Waals surface area contributed by atoms with Crippen LogP contribution in [-0.2, 0) is 18.3 Å². The number of nitrogens with one attached hydrogen (secondary N) is 1. The zero-order valence-electron chi connectivity index (χ0n) is 11.0. The Morgan fingerprint density at radius 3 is 2.70 bits per heavy atom. The van der Waals surface area contributed by atoms with E-state index < -0.39 is 4.92 Å². The summed E-state index contributed by atoms with van der Waals surface area (Å²) in [4.78, 5) is 17.9. The van der Waals surface area contributed by atoms with Gasteiger partial charge in [0.05, 0.1) is 16.9 Å². The molecule has 1 aliphatic rings. The summed E-state index contributed by atoms with van der Waals surface area (Å²) in [5, 5.41) is 11.2. The lowest BCUT2D eigenvalue weighted by atomic mass is 9.79. The Balaban J connectivity index is 2.05.